The lowest BCUT2D eigenvalue weighted by Gasteiger charge is -2.22. The molecule has 98 valence electrons. The van der Waals surface area contributed by atoms with Gasteiger partial charge >= 0.3 is 0 Å². The minimum absolute atomic E-state index is 0.377. The standard InChI is InChI=1S/C11H24N6/c1-4-16(5-2)8-7-9-17(6-3)11-13-10(12)14-15-11/h4-9H2,1-3H3,(H3,12,13,14,15). The Bertz CT molecular complexity index is 307. The highest BCUT2D eigenvalue weighted by Gasteiger charge is 2.09. The van der Waals surface area contributed by atoms with Crippen molar-refractivity contribution in [3.63, 3.8) is 0 Å². The van der Waals surface area contributed by atoms with Gasteiger partial charge in [0.1, 0.15) is 0 Å². The van der Waals surface area contributed by atoms with Gasteiger partial charge in [-0.05, 0) is 33.0 Å². The van der Waals surface area contributed by atoms with Gasteiger partial charge in [-0.2, -0.15) is 4.98 Å². The maximum Gasteiger partial charge on any atom is 0.246 e. The molecule has 0 spiro atoms. The summed E-state index contributed by atoms with van der Waals surface area (Å²) in [6.07, 6.45) is 1.12. The Hall–Kier alpha value is -1.30. The second-order valence-electron chi connectivity index (χ2n) is 3.98. The molecule has 0 aliphatic carbocycles. The van der Waals surface area contributed by atoms with Crippen molar-refractivity contribution in [1.29, 1.82) is 0 Å². The van der Waals surface area contributed by atoms with Crippen LogP contribution in [0.1, 0.15) is 27.2 Å². The largest absolute Gasteiger partial charge is 0.368 e. The third-order valence-corrected chi connectivity index (χ3v) is 2.95. The van der Waals surface area contributed by atoms with Crippen LogP contribution in [0.25, 0.3) is 0 Å². The van der Waals surface area contributed by atoms with Gasteiger partial charge in [0.2, 0.25) is 11.9 Å². The fraction of sp³-hybridized carbons (Fsp3) is 0.818. The first-order valence-corrected chi connectivity index (χ1v) is 6.36. The summed E-state index contributed by atoms with van der Waals surface area (Å²) in [6, 6.07) is 0. The molecule has 0 aliphatic heterocycles. The smallest absolute Gasteiger partial charge is 0.246 e. The number of nitrogens with one attached hydrogen (secondary N) is 1. The van der Waals surface area contributed by atoms with E-state index in [9.17, 15) is 0 Å². The zero-order chi connectivity index (χ0) is 12.7. The second kappa shape index (κ2) is 7.11. The van der Waals surface area contributed by atoms with Crippen LogP contribution < -0.4 is 10.6 Å². The first-order chi connectivity index (χ1) is 8.21. The lowest BCUT2D eigenvalue weighted by Crippen LogP contribution is -2.30. The zero-order valence-electron chi connectivity index (χ0n) is 11.1. The van der Waals surface area contributed by atoms with Crippen molar-refractivity contribution in [1.82, 2.24) is 20.1 Å². The summed E-state index contributed by atoms with van der Waals surface area (Å²) in [5, 5.41) is 6.75. The number of anilines is 2. The van der Waals surface area contributed by atoms with Crippen LogP contribution in [-0.4, -0.2) is 52.8 Å². The molecule has 1 aromatic heterocycles. The lowest BCUT2D eigenvalue weighted by atomic mass is 10.3. The molecule has 17 heavy (non-hydrogen) atoms. The maximum atomic E-state index is 5.53. The highest BCUT2D eigenvalue weighted by Crippen LogP contribution is 2.08. The number of nitrogen functional groups attached to an aromatic ring is 1. The van der Waals surface area contributed by atoms with Crippen LogP contribution in [0.4, 0.5) is 11.9 Å². The summed E-state index contributed by atoms with van der Waals surface area (Å²) < 4.78 is 0. The molecule has 0 radical (unpaired) electrons. The van der Waals surface area contributed by atoms with Crippen LogP contribution in [0.3, 0.4) is 0 Å². The minimum Gasteiger partial charge on any atom is -0.368 e. The maximum absolute atomic E-state index is 5.53. The van der Waals surface area contributed by atoms with Gasteiger partial charge in [-0.1, -0.05) is 13.8 Å². The van der Waals surface area contributed by atoms with Gasteiger partial charge in [-0.25, -0.2) is 5.10 Å². The SMILES string of the molecule is CCN(CC)CCCN(CC)c1n[nH]c(N)n1. The van der Waals surface area contributed by atoms with Gasteiger partial charge in [0.25, 0.3) is 0 Å². The monoisotopic (exact) mass is 240 g/mol. The number of hydrogen-bond acceptors (Lipinski definition) is 5. The van der Waals surface area contributed by atoms with Crippen molar-refractivity contribution in [2.45, 2.75) is 27.2 Å². The van der Waals surface area contributed by atoms with E-state index in [1.807, 2.05) is 0 Å². The Morgan fingerprint density at radius 3 is 2.29 bits per heavy atom. The van der Waals surface area contributed by atoms with Gasteiger partial charge in [0.05, 0.1) is 0 Å². The number of H-pyrrole nitrogens is 1. The van der Waals surface area contributed by atoms with E-state index >= 15 is 0 Å². The van der Waals surface area contributed by atoms with Gasteiger partial charge in [0, 0.05) is 13.1 Å². The molecule has 0 fully saturated rings. The van der Waals surface area contributed by atoms with Crippen LogP contribution in [0.15, 0.2) is 0 Å². The van der Waals surface area contributed by atoms with Crippen molar-refractivity contribution >= 4 is 11.9 Å². The van der Waals surface area contributed by atoms with Gasteiger partial charge in [-0.3, -0.25) is 0 Å². The molecule has 0 aromatic carbocycles. The predicted octanol–water partition coefficient (Wildman–Crippen LogP) is 0.945. The topological polar surface area (TPSA) is 74.1 Å². The molecule has 1 heterocycles. The van der Waals surface area contributed by atoms with Crippen molar-refractivity contribution in [3.05, 3.63) is 0 Å². The molecule has 0 unspecified atom stereocenters. The molecule has 0 saturated carbocycles. The number of rotatable bonds is 8. The number of nitrogens with zero attached hydrogens (tertiary/aromatic N) is 4. The first-order valence-electron chi connectivity index (χ1n) is 6.36. The van der Waals surface area contributed by atoms with E-state index < -0.39 is 0 Å². The Morgan fingerprint density at radius 2 is 1.82 bits per heavy atom. The van der Waals surface area contributed by atoms with Crippen molar-refractivity contribution in [2.24, 2.45) is 0 Å². The number of aromatic nitrogens is 3. The van der Waals surface area contributed by atoms with Gasteiger partial charge in [0.15, 0.2) is 0 Å². The fourth-order valence-electron chi connectivity index (χ4n) is 1.83. The molecule has 0 amide bonds. The van der Waals surface area contributed by atoms with Crippen LogP contribution in [0, 0.1) is 0 Å². The first kappa shape index (κ1) is 13.8. The van der Waals surface area contributed by atoms with Crippen molar-refractivity contribution < 1.29 is 0 Å². The molecule has 0 bridgehead atoms. The summed E-state index contributed by atoms with van der Waals surface area (Å²) in [4.78, 5) is 8.70. The van der Waals surface area contributed by atoms with Crippen molar-refractivity contribution in [3.8, 4) is 0 Å². The van der Waals surface area contributed by atoms with Crippen LogP contribution in [0.2, 0.25) is 0 Å². The Morgan fingerprint density at radius 1 is 1.12 bits per heavy atom. The van der Waals surface area contributed by atoms with E-state index in [4.69, 9.17) is 5.73 Å². The quantitative estimate of drug-likeness (QED) is 0.707. The zero-order valence-corrected chi connectivity index (χ0v) is 11.1. The average molecular weight is 240 g/mol. The molecule has 6 heteroatoms. The summed E-state index contributed by atoms with van der Waals surface area (Å²) in [7, 11) is 0. The highest BCUT2D eigenvalue weighted by atomic mass is 15.4. The van der Waals surface area contributed by atoms with Crippen LogP contribution in [0.5, 0.6) is 0 Å². The molecule has 0 saturated heterocycles. The molecular formula is C11H24N6. The van der Waals surface area contributed by atoms with E-state index in [1.165, 1.54) is 0 Å². The molecule has 0 aliphatic rings. The second-order valence-corrected chi connectivity index (χ2v) is 3.98. The van der Waals surface area contributed by atoms with E-state index in [1.54, 1.807) is 0 Å². The molecule has 1 aromatic rings. The molecule has 0 atom stereocenters. The Kier molecular flexibility index (Phi) is 5.76. The van der Waals surface area contributed by atoms with E-state index in [0.29, 0.717) is 11.9 Å². The summed E-state index contributed by atoms with van der Waals surface area (Å²) in [5.41, 5.74) is 5.53. The third-order valence-electron chi connectivity index (χ3n) is 2.95. The number of nitrogens with two attached hydrogens (primary N) is 1. The predicted molar refractivity (Wildman–Crippen MR) is 71.1 cm³/mol. The van der Waals surface area contributed by atoms with E-state index in [0.717, 1.165) is 39.1 Å². The number of aromatic amines is 1. The lowest BCUT2D eigenvalue weighted by molar-refractivity contribution is 0.300. The fourth-order valence-corrected chi connectivity index (χ4v) is 1.83. The molecular weight excluding hydrogens is 216 g/mol. The van der Waals surface area contributed by atoms with Crippen LogP contribution >= 0.6 is 0 Å². The average Bonchev–Trinajstić information content (AvgIpc) is 2.76. The molecule has 6 nitrogen and oxygen atoms in total. The summed E-state index contributed by atoms with van der Waals surface area (Å²) in [5.74, 6) is 1.08. The van der Waals surface area contributed by atoms with Crippen molar-refractivity contribution in [2.75, 3.05) is 43.4 Å². The normalized spacial score (nSPS) is 11.1. The minimum atomic E-state index is 0.377. The van der Waals surface area contributed by atoms with Gasteiger partial charge in [-0.15, -0.1) is 5.10 Å². The molecule has 1 rings (SSSR count). The summed E-state index contributed by atoms with van der Waals surface area (Å²) >= 11 is 0. The Labute approximate surface area is 103 Å². The Balaban J connectivity index is 2.38. The summed E-state index contributed by atoms with van der Waals surface area (Å²) in [6.45, 7) is 11.7. The van der Waals surface area contributed by atoms with Gasteiger partial charge < -0.3 is 15.5 Å². The van der Waals surface area contributed by atoms with E-state index in [-0.39, 0.29) is 0 Å². The highest BCUT2D eigenvalue weighted by molar-refractivity contribution is 5.33. The third kappa shape index (κ3) is 4.22. The van der Waals surface area contributed by atoms with E-state index in [2.05, 4.69) is 45.8 Å². The van der Waals surface area contributed by atoms with Crippen LogP contribution in [-0.2, 0) is 0 Å². The molecule has 3 N–H and O–H groups in total. The number of hydrogen-bond donors (Lipinski definition) is 2.